The van der Waals surface area contributed by atoms with Crippen molar-refractivity contribution in [2.45, 2.75) is 19.4 Å². The molecule has 2 aromatic rings. The van der Waals surface area contributed by atoms with Crippen LogP contribution in [0.4, 0.5) is 0 Å². The van der Waals surface area contributed by atoms with E-state index in [4.69, 9.17) is 0 Å². The van der Waals surface area contributed by atoms with Gasteiger partial charge in [-0.2, -0.15) is 0 Å². The minimum Gasteiger partial charge on any atom is -0.351 e. The van der Waals surface area contributed by atoms with Gasteiger partial charge < -0.3 is 5.32 Å². The molecule has 0 spiro atoms. The Hall–Kier alpha value is -1.13. The summed E-state index contributed by atoms with van der Waals surface area (Å²) in [7, 11) is 0. The maximum Gasteiger partial charge on any atom is 0.224 e. The third kappa shape index (κ3) is 2.90. The quantitative estimate of drug-likeness (QED) is 0.913. The van der Waals surface area contributed by atoms with E-state index in [2.05, 4.69) is 33.4 Å². The lowest BCUT2D eigenvalue weighted by Gasteiger charge is -2.09. The number of halogens is 1. The van der Waals surface area contributed by atoms with Crippen molar-refractivity contribution in [3.05, 3.63) is 56.2 Å². The van der Waals surface area contributed by atoms with Crippen LogP contribution in [0.5, 0.6) is 0 Å². The fourth-order valence-corrected chi connectivity index (χ4v) is 3.93. The number of benzene rings is 1. The Kier molecular flexibility index (Phi) is 3.71. The number of nitrogens with one attached hydrogen (secondary N) is 1. The molecule has 1 aromatic heterocycles. The van der Waals surface area contributed by atoms with E-state index < -0.39 is 0 Å². The second kappa shape index (κ2) is 5.47. The highest BCUT2D eigenvalue weighted by atomic mass is 79.9. The first-order chi connectivity index (χ1) is 9.22. The SMILES string of the molecule is O=C(NCc1ccc(Br)s1)C1Cc2ccccc2C1. The number of fused-ring (bicyclic) bond motifs is 1. The Morgan fingerprint density at radius 2 is 1.89 bits per heavy atom. The van der Waals surface area contributed by atoms with Gasteiger partial charge in [0.1, 0.15) is 0 Å². The molecule has 2 nitrogen and oxygen atoms in total. The minimum atomic E-state index is 0.0980. The smallest absolute Gasteiger partial charge is 0.224 e. The van der Waals surface area contributed by atoms with E-state index in [9.17, 15) is 4.79 Å². The van der Waals surface area contributed by atoms with Crippen molar-refractivity contribution in [1.29, 1.82) is 0 Å². The molecule has 4 heteroatoms. The van der Waals surface area contributed by atoms with Crippen LogP contribution in [-0.4, -0.2) is 5.91 Å². The molecule has 0 aliphatic heterocycles. The predicted molar refractivity (Wildman–Crippen MR) is 81.2 cm³/mol. The maximum absolute atomic E-state index is 12.2. The van der Waals surface area contributed by atoms with Crippen molar-refractivity contribution >= 4 is 33.2 Å². The summed E-state index contributed by atoms with van der Waals surface area (Å²) in [6.07, 6.45) is 1.74. The molecule has 1 aromatic carbocycles. The fourth-order valence-electron chi connectivity index (χ4n) is 2.51. The summed E-state index contributed by atoms with van der Waals surface area (Å²) in [5.74, 6) is 0.265. The molecule has 0 atom stereocenters. The monoisotopic (exact) mass is 335 g/mol. The summed E-state index contributed by atoms with van der Waals surface area (Å²) in [4.78, 5) is 13.4. The standard InChI is InChI=1S/C15H14BrNOS/c16-14-6-5-13(19-14)9-17-15(18)12-7-10-3-1-2-4-11(10)8-12/h1-6,12H,7-9H2,(H,17,18). The van der Waals surface area contributed by atoms with Gasteiger partial charge in [0.15, 0.2) is 0 Å². The van der Waals surface area contributed by atoms with E-state index in [-0.39, 0.29) is 11.8 Å². The number of carbonyl (C=O) groups excluding carboxylic acids is 1. The molecule has 0 radical (unpaired) electrons. The highest BCUT2D eigenvalue weighted by molar-refractivity contribution is 9.11. The molecule has 0 fully saturated rings. The van der Waals surface area contributed by atoms with Gasteiger partial charge in [-0.05, 0) is 52.0 Å². The van der Waals surface area contributed by atoms with E-state index in [1.54, 1.807) is 11.3 Å². The lowest BCUT2D eigenvalue weighted by atomic mass is 10.1. The van der Waals surface area contributed by atoms with E-state index in [1.165, 1.54) is 16.0 Å². The molecule has 0 saturated carbocycles. The minimum absolute atomic E-state index is 0.0980. The molecule has 3 rings (SSSR count). The van der Waals surface area contributed by atoms with Crippen LogP contribution in [0.2, 0.25) is 0 Å². The number of hydrogen-bond acceptors (Lipinski definition) is 2. The number of thiophene rings is 1. The van der Waals surface area contributed by atoms with Crippen LogP contribution in [0.3, 0.4) is 0 Å². The zero-order valence-corrected chi connectivity index (χ0v) is 12.8. The summed E-state index contributed by atoms with van der Waals surface area (Å²) in [6.45, 7) is 0.627. The Bertz CT molecular complexity index is 583. The number of hydrogen-bond donors (Lipinski definition) is 1. The molecule has 0 unspecified atom stereocenters. The molecular formula is C15H14BrNOS. The van der Waals surface area contributed by atoms with E-state index in [1.807, 2.05) is 24.3 Å². The van der Waals surface area contributed by atoms with Gasteiger partial charge >= 0.3 is 0 Å². The maximum atomic E-state index is 12.2. The Labute approximate surface area is 125 Å². The molecule has 98 valence electrons. The third-order valence-electron chi connectivity index (χ3n) is 3.49. The van der Waals surface area contributed by atoms with E-state index in [0.29, 0.717) is 6.54 Å². The molecule has 19 heavy (non-hydrogen) atoms. The number of rotatable bonds is 3. The van der Waals surface area contributed by atoms with Crippen LogP contribution in [0.25, 0.3) is 0 Å². The zero-order valence-electron chi connectivity index (χ0n) is 10.4. The first-order valence-electron chi connectivity index (χ1n) is 6.31. The topological polar surface area (TPSA) is 29.1 Å². The van der Waals surface area contributed by atoms with Gasteiger partial charge in [-0.15, -0.1) is 11.3 Å². The largest absolute Gasteiger partial charge is 0.351 e. The average molecular weight is 336 g/mol. The lowest BCUT2D eigenvalue weighted by molar-refractivity contribution is -0.124. The second-order valence-corrected chi connectivity index (χ2v) is 7.35. The van der Waals surface area contributed by atoms with Crippen LogP contribution < -0.4 is 5.32 Å². The van der Waals surface area contributed by atoms with Crippen LogP contribution in [0.1, 0.15) is 16.0 Å². The molecule has 1 heterocycles. The van der Waals surface area contributed by atoms with Gasteiger partial charge in [0.2, 0.25) is 5.91 Å². The van der Waals surface area contributed by atoms with Crippen molar-refractivity contribution in [3.63, 3.8) is 0 Å². The fraction of sp³-hybridized carbons (Fsp3) is 0.267. The van der Waals surface area contributed by atoms with Gasteiger partial charge in [0.05, 0.1) is 10.3 Å². The first-order valence-corrected chi connectivity index (χ1v) is 7.92. The van der Waals surface area contributed by atoms with Crippen molar-refractivity contribution in [1.82, 2.24) is 5.32 Å². The lowest BCUT2D eigenvalue weighted by Crippen LogP contribution is -2.30. The summed E-state index contributed by atoms with van der Waals surface area (Å²) >= 11 is 5.09. The van der Waals surface area contributed by atoms with Gasteiger partial charge in [-0.25, -0.2) is 0 Å². The number of carbonyl (C=O) groups is 1. The third-order valence-corrected chi connectivity index (χ3v) is 5.11. The average Bonchev–Trinajstić information content (AvgIpc) is 3.01. The highest BCUT2D eigenvalue weighted by Crippen LogP contribution is 2.27. The highest BCUT2D eigenvalue weighted by Gasteiger charge is 2.26. The molecule has 1 amide bonds. The van der Waals surface area contributed by atoms with E-state index >= 15 is 0 Å². The molecule has 1 aliphatic carbocycles. The van der Waals surface area contributed by atoms with Crippen molar-refractivity contribution in [2.75, 3.05) is 0 Å². The summed E-state index contributed by atoms with van der Waals surface area (Å²) in [5.41, 5.74) is 2.64. The summed E-state index contributed by atoms with van der Waals surface area (Å²) in [5, 5.41) is 3.04. The molecule has 1 N–H and O–H groups in total. The summed E-state index contributed by atoms with van der Waals surface area (Å²) < 4.78 is 1.10. The van der Waals surface area contributed by atoms with Crippen molar-refractivity contribution in [3.8, 4) is 0 Å². The van der Waals surface area contributed by atoms with Crippen LogP contribution >= 0.6 is 27.3 Å². The Balaban J connectivity index is 1.58. The Morgan fingerprint density at radius 3 is 2.47 bits per heavy atom. The first kappa shape index (κ1) is 12.9. The predicted octanol–water partition coefficient (Wildman–Crippen LogP) is 3.54. The Morgan fingerprint density at radius 1 is 1.21 bits per heavy atom. The molecule has 0 saturated heterocycles. The molecular weight excluding hydrogens is 322 g/mol. The van der Waals surface area contributed by atoms with Crippen LogP contribution in [-0.2, 0) is 24.2 Å². The zero-order chi connectivity index (χ0) is 13.2. The van der Waals surface area contributed by atoms with Gasteiger partial charge in [-0.1, -0.05) is 24.3 Å². The normalized spacial score (nSPS) is 14.4. The van der Waals surface area contributed by atoms with Gasteiger partial charge in [0, 0.05) is 10.8 Å². The molecule has 1 aliphatic rings. The second-order valence-electron chi connectivity index (χ2n) is 4.80. The van der Waals surface area contributed by atoms with Crippen molar-refractivity contribution < 1.29 is 4.79 Å². The van der Waals surface area contributed by atoms with Crippen LogP contribution in [0.15, 0.2) is 40.2 Å². The summed E-state index contributed by atoms with van der Waals surface area (Å²) in [6, 6.07) is 12.4. The van der Waals surface area contributed by atoms with Gasteiger partial charge in [0.25, 0.3) is 0 Å². The number of amides is 1. The van der Waals surface area contributed by atoms with E-state index in [0.717, 1.165) is 16.6 Å². The van der Waals surface area contributed by atoms with Crippen LogP contribution in [0, 0.1) is 5.92 Å². The van der Waals surface area contributed by atoms with Gasteiger partial charge in [-0.3, -0.25) is 4.79 Å². The molecule has 0 bridgehead atoms. The van der Waals surface area contributed by atoms with Crippen molar-refractivity contribution in [2.24, 2.45) is 5.92 Å².